The van der Waals surface area contributed by atoms with Gasteiger partial charge in [-0.15, -0.1) is 0 Å². The fourth-order valence-corrected chi connectivity index (χ4v) is 1.90. The second-order valence-electron chi connectivity index (χ2n) is 3.69. The number of furan rings is 1. The van der Waals surface area contributed by atoms with Gasteiger partial charge in [0.1, 0.15) is 5.52 Å². The first-order valence-electron chi connectivity index (χ1n) is 5.17. The summed E-state index contributed by atoms with van der Waals surface area (Å²) < 4.78 is 5.58. The lowest BCUT2D eigenvalue weighted by Crippen LogP contribution is -1.83. The Kier molecular flexibility index (Phi) is 1.50. The molecule has 0 bridgehead atoms. The highest BCUT2D eigenvalue weighted by atomic mass is 16.3. The summed E-state index contributed by atoms with van der Waals surface area (Å²) in [6.45, 7) is 0. The number of pyridine rings is 2. The Morgan fingerprint density at radius 2 is 1.82 bits per heavy atom. The van der Waals surface area contributed by atoms with Gasteiger partial charge >= 0.3 is 0 Å². The summed E-state index contributed by atoms with van der Waals surface area (Å²) in [4.78, 5) is 17.1. The van der Waals surface area contributed by atoms with Gasteiger partial charge in [0.15, 0.2) is 11.1 Å². The molecule has 80 valence electrons. The van der Waals surface area contributed by atoms with Crippen LogP contribution < -0.4 is 0 Å². The summed E-state index contributed by atoms with van der Waals surface area (Å²) in [5.74, 6) is 0. The molecule has 0 radical (unpaired) electrons. The van der Waals surface area contributed by atoms with Crippen molar-refractivity contribution in [2.45, 2.75) is 0 Å². The average Bonchev–Trinajstić information content (AvgIpc) is 2.73. The van der Waals surface area contributed by atoms with E-state index in [-0.39, 0.29) is 0 Å². The van der Waals surface area contributed by atoms with Gasteiger partial charge in [-0.05, 0) is 12.1 Å². The topological polar surface area (TPSA) is 64.7 Å². The normalized spacial score (nSPS) is 11.5. The molecule has 0 aromatic carbocycles. The van der Waals surface area contributed by atoms with Crippen LogP contribution in [-0.4, -0.2) is 19.9 Å². The minimum absolute atomic E-state index is 0.505. The Bertz CT molecular complexity index is 847. The van der Waals surface area contributed by atoms with Gasteiger partial charge in [0.2, 0.25) is 5.71 Å². The molecule has 0 unspecified atom stereocenters. The van der Waals surface area contributed by atoms with Crippen LogP contribution >= 0.6 is 0 Å². The molecule has 0 saturated heterocycles. The molecule has 5 nitrogen and oxygen atoms in total. The van der Waals surface area contributed by atoms with E-state index in [4.69, 9.17) is 4.42 Å². The molecule has 0 saturated carbocycles. The third-order valence-electron chi connectivity index (χ3n) is 2.65. The van der Waals surface area contributed by atoms with Crippen molar-refractivity contribution in [3.63, 3.8) is 0 Å². The molecule has 0 fully saturated rings. The highest BCUT2D eigenvalue weighted by Gasteiger charge is 2.11. The first-order chi connectivity index (χ1) is 8.42. The molecular formula is C12H6N4O. The number of nitrogens with zero attached hydrogens (tertiary/aromatic N) is 4. The van der Waals surface area contributed by atoms with Crippen LogP contribution in [0, 0.1) is 0 Å². The quantitative estimate of drug-likeness (QED) is 0.456. The van der Waals surface area contributed by atoms with E-state index in [0.717, 1.165) is 16.6 Å². The number of aromatic nitrogens is 4. The maximum Gasteiger partial charge on any atom is 0.247 e. The molecule has 4 aromatic heterocycles. The number of rotatable bonds is 0. The zero-order valence-corrected chi connectivity index (χ0v) is 8.66. The van der Waals surface area contributed by atoms with Crippen LogP contribution in [0.15, 0.2) is 41.2 Å². The van der Waals surface area contributed by atoms with Gasteiger partial charge in [-0.2, -0.15) is 0 Å². The second-order valence-corrected chi connectivity index (χ2v) is 3.69. The summed E-state index contributed by atoms with van der Waals surface area (Å²) in [6, 6.07) is 5.63. The molecule has 0 N–H and O–H groups in total. The van der Waals surface area contributed by atoms with Crippen molar-refractivity contribution in [3.8, 4) is 0 Å². The molecule has 5 heteroatoms. The monoisotopic (exact) mass is 222 g/mol. The molecule has 0 atom stereocenters. The van der Waals surface area contributed by atoms with Gasteiger partial charge in [-0.25, -0.2) is 15.0 Å². The summed E-state index contributed by atoms with van der Waals surface area (Å²) in [5.41, 5.74) is 4.22. The van der Waals surface area contributed by atoms with E-state index in [0.29, 0.717) is 16.8 Å². The Labute approximate surface area is 95.1 Å². The van der Waals surface area contributed by atoms with Crippen LogP contribution in [-0.2, 0) is 0 Å². The minimum atomic E-state index is 0.505. The van der Waals surface area contributed by atoms with E-state index in [9.17, 15) is 0 Å². The first-order valence-corrected chi connectivity index (χ1v) is 5.17. The fourth-order valence-electron chi connectivity index (χ4n) is 1.90. The fraction of sp³-hybridized carbons (Fsp3) is 0. The molecule has 4 heterocycles. The van der Waals surface area contributed by atoms with Crippen LogP contribution in [0.1, 0.15) is 0 Å². The van der Waals surface area contributed by atoms with E-state index in [1.165, 1.54) is 0 Å². The van der Waals surface area contributed by atoms with Gasteiger partial charge in [-0.3, -0.25) is 4.98 Å². The SMILES string of the molecule is c1cnc2cc3oc4nccnc4c3nc2c1. The van der Waals surface area contributed by atoms with Crippen LogP contribution in [0.2, 0.25) is 0 Å². The van der Waals surface area contributed by atoms with Crippen molar-refractivity contribution in [3.05, 3.63) is 36.8 Å². The minimum Gasteiger partial charge on any atom is -0.434 e. The second kappa shape index (κ2) is 2.98. The van der Waals surface area contributed by atoms with Crippen LogP contribution in [0.25, 0.3) is 33.4 Å². The molecule has 0 aliphatic rings. The highest BCUT2D eigenvalue weighted by Crippen LogP contribution is 2.25. The van der Waals surface area contributed by atoms with E-state index in [1.807, 2.05) is 18.2 Å². The van der Waals surface area contributed by atoms with Gasteiger partial charge in [0, 0.05) is 24.7 Å². The lowest BCUT2D eigenvalue weighted by atomic mass is 10.3. The predicted octanol–water partition coefficient (Wildman–Crippen LogP) is 2.32. The maximum atomic E-state index is 5.58. The Morgan fingerprint density at radius 3 is 2.82 bits per heavy atom. The zero-order valence-electron chi connectivity index (χ0n) is 8.66. The molecular weight excluding hydrogens is 216 g/mol. The van der Waals surface area contributed by atoms with E-state index < -0.39 is 0 Å². The van der Waals surface area contributed by atoms with Gasteiger partial charge < -0.3 is 4.42 Å². The summed E-state index contributed by atoms with van der Waals surface area (Å²) in [7, 11) is 0. The van der Waals surface area contributed by atoms with Crippen molar-refractivity contribution in [1.82, 2.24) is 19.9 Å². The van der Waals surface area contributed by atoms with E-state index >= 15 is 0 Å². The maximum absolute atomic E-state index is 5.58. The number of hydrogen-bond donors (Lipinski definition) is 0. The van der Waals surface area contributed by atoms with Crippen LogP contribution in [0.5, 0.6) is 0 Å². The Morgan fingerprint density at radius 1 is 0.882 bits per heavy atom. The molecule has 0 aliphatic heterocycles. The predicted molar refractivity (Wildman–Crippen MR) is 62.4 cm³/mol. The number of fused-ring (bicyclic) bond motifs is 4. The molecule has 0 aliphatic carbocycles. The zero-order chi connectivity index (χ0) is 11.2. The van der Waals surface area contributed by atoms with Gasteiger partial charge in [0.25, 0.3) is 0 Å². The Balaban J connectivity index is 2.28. The average molecular weight is 222 g/mol. The third-order valence-corrected chi connectivity index (χ3v) is 2.65. The molecule has 17 heavy (non-hydrogen) atoms. The standard InChI is InChI=1S/C12H6N4O/c1-2-7-8(13-3-1)6-9-10(16-7)11-12(17-9)15-5-4-14-11/h1-6H. The van der Waals surface area contributed by atoms with E-state index in [2.05, 4.69) is 19.9 Å². The molecule has 4 aromatic rings. The van der Waals surface area contributed by atoms with Gasteiger partial charge in [0.05, 0.1) is 11.0 Å². The van der Waals surface area contributed by atoms with Crippen molar-refractivity contribution in [2.24, 2.45) is 0 Å². The van der Waals surface area contributed by atoms with Crippen LogP contribution in [0.4, 0.5) is 0 Å². The lowest BCUT2D eigenvalue weighted by molar-refractivity contribution is 0.653. The van der Waals surface area contributed by atoms with Gasteiger partial charge in [-0.1, -0.05) is 0 Å². The highest BCUT2D eigenvalue weighted by molar-refractivity contribution is 6.01. The largest absolute Gasteiger partial charge is 0.434 e. The molecule has 4 rings (SSSR count). The summed E-state index contributed by atoms with van der Waals surface area (Å²) >= 11 is 0. The smallest absolute Gasteiger partial charge is 0.247 e. The summed E-state index contributed by atoms with van der Waals surface area (Å²) in [6.07, 6.45) is 4.96. The van der Waals surface area contributed by atoms with Crippen molar-refractivity contribution in [2.75, 3.05) is 0 Å². The van der Waals surface area contributed by atoms with Crippen molar-refractivity contribution in [1.29, 1.82) is 0 Å². The van der Waals surface area contributed by atoms with E-state index in [1.54, 1.807) is 18.6 Å². The van der Waals surface area contributed by atoms with Crippen LogP contribution in [0.3, 0.4) is 0 Å². The third kappa shape index (κ3) is 1.13. The lowest BCUT2D eigenvalue weighted by Gasteiger charge is -1.94. The number of hydrogen-bond acceptors (Lipinski definition) is 5. The summed E-state index contributed by atoms with van der Waals surface area (Å²) in [5, 5.41) is 0. The molecule has 0 spiro atoms. The van der Waals surface area contributed by atoms with Crippen molar-refractivity contribution >= 4 is 33.4 Å². The Hall–Kier alpha value is -2.56. The van der Waals surface area contributed by atoms with Crippen molar-refractivity contribution < 1.29 is 4.42 Å². The molecule has 0 amide bonds. The first kappa shape index (κ1) is 8.58.